The fourth-order valence-electron chi connectivity index (χ4n) is 5.88. The highest BCUT2D eigenvalue weighted by Crippen LogP contribution is 2.42. The average molecular weight is 574 g/mol. The second kappa shape index (κ2) is 14.5. The van der Waals surface area contributed by atoms with E-state index in [1.807, 2.05) is 42.6 Å². The minimum absolute atomic E-state index is 0.222. The van der Waals surface area contributed by atoms with Crippen molar-refractivity contribution in [1.29, 1.82) is 0 Å². The largest absolute Gasteiger partial charge is 0.497 e. The van der Waals surface area contributed by atoms with E-state index in [9.17, 15) is 4.79 Å². The maximum Gasteiger partial charge on any atom is 0.309 e. The zero-order valence-electron chi connectivity index (χ0n) is 24.9. The van der Waals surface area contributed by atoms with Crippen molar-refractivity contribution in [2.45, 2.75) is 43.6 Å². The maximum absolute atomic E-state index is 11.7. The predicted octanol–water partition coefficient (Wildman–Crippen LogP) is 7.78. The number of benzene rings is 4. The third kappa shape index (κ3) is 7.81. The smallest absolute Gasteiger partial charge is 0.309 e. The normalized spacial score (nSPS) is 15.7. The Balaban J connectivity index is 1.36. The van der Waals surface area contributed by atoms with E-state index in [0.29, 0.717) is 6.61 Å². The number of carbonyl (C=O) groups excluding carboxylic acids is 1. The van der Waals surface area contributed by atoms with E-state index in [0.717, 1.165) is 42.7 Å². The molecule has 0 saturated heterocycles. The molecule has 220 valence electrons. The van der Waals surface area contributed by atoms with E-state index >= 15 is 0 Å². The number of carbonyl (C=O) groups is 1. The molecule has 0 aliphatic carbocycles. The molecule has 1 atom stereocenters. The Morgan fingerprint density at radius 1 is 0.791 bits per heavy atom. The zero-order valence-corrected chi connectivity index (χ0v) is 24.9. The van der Waals surface area contributed by atoms with Crippen LogP contribution in [0.5, 0.6) is 11.5 Å². The van der Waals surface area contributed by atoms with Crippen molar-refractivity contribution >= 4 is 12.2 Å². The first-order valence-electron chi connectivity index (χ1n) is 14.8. The lowest BCUT2D eigenvalue weighted by molar-refractivity contribution is -0.139. The lowest BCUT2D eigenvalue weighted by Gasteiger charge is -2.33. The molecule has 1 aliphatic heterocycles. The van der Waals surface area contributed by atoms with Gasteiger partial charge in [0, 0.05) is 18.6 Å². The highest BCUT2D eigenvalue weighted by atomic mass is 16.5. The highest BCUT2D eigenvalue weighted by molar-refractivity contribution is 5.77. The molecular formula is C38H39NO4. The quantitative estimate of drug-likeness (QED) is 0.114. The topological polar surface area (TPSA) is 57.1 Å². The van der Waals surface area contributed by atoms with Crippen LogP contribution in [0.1, 0.15) is 47.4 Å². The summed E-state index contributed by atoms with van der Waals surface area (Å²) in [4.78, 5) is 16.9. The van der Waals surface area contributed by atoms with Crippen LogP contribution in [0.4, 0.5) is 0 Å². The van der Waals surface area contributed by atoms with Gasteiger partial charge >= 0.3 is 5.97 Å². The average Bonchev–Trinajstić information content (AvgIpc) is 3.44. The van der Waals surface area contributed by atoms with E-state index < -0.39 is 0 Å². The SMILES string of the molecule is COC(=O)Cc1cccc(OCCCC2(Cc3ccc(OC)cc3)N=CC=C2CC(c2ccccc2)c2ccccc2)c1. The first-order valence-corrected chi connectivity index (χ1v) is 14.8. The summed E-state index contributed by atoms with van der Waals surface area (Å²) in [6.07, 6.45) is 7.78. The Hall–Kier alpha value is -4.64. The van der Waals surface area contributed by atoms with Gasteiger partial charge in [0.2, 0.25) is 0 Å². The second-order valence-electron chi connectivity index (χ2n) is 11.0. The summed E-state index contributed by atoms with van der Waals surface area (Å²) in [6, 6.07) is 37.5. The molecule has 5 nitrogen and oxygen atoms in total. The number of esters is 1. The van der Waals surface area contributed by atoms with Gasteiger partial charge in [0.25, 0.3) is 0 Å². The van der Waals surface area contributed by atoms with E-state index in [-0.39, 0.29) is 23.8 Å². The van der Waals surface area contributed by atoms with Crippen LogP contribution in [0, 0.1) is 0 Å². The molecule has 4 aromatic rings. The molecule has 5 rings (SSSR count). The Labute approximate surface area is 254 Å². The van der Waals surface area contributed by atoms with Crippen LogP contribution in [-0.2, 0) is 22.4 Å². The van der Waals surface area contributed by atoms with Crippen LogP contribution >= 0.6 is 0 Å². The molecule has 4 aromatic carbocycles. The van der Waals surface area contributed by atoms with Gasteiger partial charge in [-0.1, -0.05) is 84.9 Å². The number of allylic oxidation sites excluding steroid dienone is 1. The summed E-state index contributed by atoms with van der Waals surface area (Å²) >= 11 is 0. The van der Waals surface area contributed by atoms with Crippen molar-refractivity contribution in [1.82, 2.24) is 0 Å². The molecule has 0 saturated carbocycles. The van der Waals surface area contributed by atoms with Gasteiger partial charge in [-0.05, 0) is 77.4 Å². The standard InChI is InChI=1S/C38H39NO4/c1-41-34-19-17-29(18-20-34)28-38(22-10-24-43-35-16-9-11-30(25-35)26-37(40)42-2)33(21-23-39-38)27-36(31-12-5-3-6-13-31)32-14-7-4-8-15-32/h3-9,11-21,23,25,36H,10,22,24,26-28H2,1-2H3. The molecule has 0 bridgehead atoms. The lowest BCUT2D eigenvalue weighted by Crippen LogP contribution is -2.32. The van der Waals surface area contributed by atoms with Crippen molar-refractivity contribution in [2.24, 2.45) is 4.99 Å². The van der Waals surface area contributed by atoms with E-state index in [1.165, 1.54) is 29.4 Å². The summed E-state index contributed by atoms with van der Waals surface area (Å²) in [6.45, 7) is 0.551. The molecule has 0 aromatic heterocycles. The summed E-state index contributed by atoms with van der Waals surface area (Å²) in [5, 5.41) is 0. The lowest BCUT2D eigenvalue weighted by atomic mass is 9.75. The molecule has 1 unspecified atom stereocenters. The number of nitrogens with zero attached hydrogens (tertiary/aromatic N) is 1. The first kappa shape index (κ1) is 29.8. The monoisotopic (exact) mass is 573 g/mol. The molecule has 5 heteroatoms. The number of hydrogen-bond donors (Lipinski definition) is 0. The van der Waals surface area contributed by atoms with Crippen molar-refractivity contribution in [2.75, 3.05) is 20.8 Å². The van der Waals surface area contributed by atoms with Crippen LogP contribution in [0.15, 0.2) is 126 Å². The Morgan fingerprint density at radius 3 is 2.14 bits per heavy atom. The van der Waals surface area contributed by atoms with Crippen molar-refractivity contribution < 1.29 is 19.0 Å². The number of aliphatic imine (C=N–C) groups is 1. The third-order valence-electron chi connectivity index (χ3n) is 8.16. The molecule has 1 aliphatic rings. The molecule has 0 spiro atoms. The Morgan fingerprint density at radius 2 is 1.49 bits per heavy atom. The zero-order chi connectivity index (χ0) is 29.9. The number of hydrogen-bond acceptors (Lipinski definition) is 5. The Kier molecular flexibility index (Phi) is 10.1. The molecule has 0 radical (unpaired) electrons. The van der Waals surface area contributed by atoms with Gasteiger partial charge in [0.15, 0.2) is 0 Å². The first-order chi connectivity index (χ1) is 21.1. The van der Waals surface area contributed by atoms with Gasteiger partial charge in [0.05, 0.1) is 32.8 Å². The van der Waals surface area contributed by atoms with Crippen LogP contribution < -0.4 is 9.47 Å². The minimum Gasteiger partial charge on any atom is -0.497 e. The summed E-state index contributed by atoms with van der Waals surface area (Å²) in [7, 11) is 3.09. The van der Waals surface area contributed by atoms with Gasteiger partial charge in [-0.3, -0.25) is 9.79 Å². The number of ether oxygens (including phenoxy) is 3. The van der Waals surface area contributed by atoms with Crippen LogP contribution in [0.25, 0.3) is 0 Å². The molecule has 0 fully saturated rings. The third-order valence-corrected chi connectivity index (χ3v) is 8.16. The van der Waals surface area contributed by atoms with Crippen molar-refractivity contribution in [3.05, 3.63) is 143 Å². The van der Waals surface area contributed by atoms with Gasteiger partial charge in [-0.2, -0.15) is 0 Å². The van der Waals surface area contributed by atoms with Crippen molar-refractivity contribution in [3.63, 3.8) is 0 Å². The maximum atomic E-state index is 11.7. The number of methoxy groups -OCH3 is 2. The predicted molar refractivity (Wildman–Crippen MR) is 172 cm³/mol. The summed E-state index contributed by atoms with van der Waals surface area (Å²) < 4.78 is 16.4. The van der Waals surface area contributed by atoms with Gasteiger partial charge in [0.1, 0.15) is 11.5 Å². The Bertz CT molecular complexity index is 1490. The molecule has 0 amide bonds. The van der Waals surface area contributed by atoms with Gasteiger partial charge in [-0.15, -0.1) is 0 Å². The van der Waals surface area contributed by atoms with Crippen LogP contribution in [-0.4, -0.2) is 38.5 Å². The fourth-order valence-corrected chi connectivity index (χ4v) is 5.88. The second-order valence-corrected chi connectivity index (χ2v) is 11.0. The van der Waals surface area contributed by atoms with E-state index in [1.54, 1.807) is 7.11 Å². The number of rotatable bonds is 14. The summed E-state index contributed by atoms with van der Waals surface area (Å²) in [5.74, 6) is 1.56. The van der Waals surface area contributed by atoms with Crippen LogP contribution in [0.3, 0.4) is 0 Å². The molecule has 43 heavy (non-hydrogen) atoms. The molecule has 1 heterocycles. The van der Waals surface area contributed by atoms with Gasteiger partial charge < -0.3 is 14.2 Å². The highest BCUT2D eigenvalue weighted by Gasteiger charge is 2.37. The molecular weight excluding hydrogens is 534 g/mol. The van der Waals surface area contributed by atoms with Crippen molar-refractivity contribution in [3.8, 4) is 11.5 Å². The van der Waals surface area contributed by atoms with Crippen LogP contribution in [0.2, 0.25) is 0 Å². The van der Waals surface area contributed by atoms with E-state index in [2.05, 4.69) is 78.9 Å². The van der Waals surface area contributed by atoms with E-state index in [4.69, 9.17) is 19.2 Å². The molecule has 0 N–H and O–H groups in total. The van der Waals surface area contributed by atoms with Gasteiger partial charge in [-0.25, -0.2) is 0 Å². The minimum atomic E-state index is -0.369. The fraction of sp³-hybridized carbons (Fsp3) is 0.263. The summed E-state index contributed by atoms with van der Waals surface area (Å²) in [5.41, 5.74) is 5.66.